The largest absolute Gasteiger partial charge is 0.490 e. The van der Waals surface area contributed by atoms with Gasteiger partial charge in [0.25, 0.3) is 0 Å². The second-order valence-electron chi connectivity index (χ2n) is 13.0. The smallest absolute Gasteiger partial charge is 0.410 e. The highest BCUT2D eigenvalue weighted by atomic mass is 32.1. The second-order valence-corrected chi connectivity index (χ2v) is 13.9. The molecule has 2 aliphatic rings. The molecule has 2 aromatic heterocycles. The zero-order chi connectivity index (χ0) is 33.0. The molecule has 0 spiro atoms. The summed E-state index contributed by atoms with van der Waals surface area (Å²) in [7, 11) is 0. The molecule has 1 fully saturated rings. The molecule has 9 nitrogen and oxygen atoms in total. The van der Waals surface area contributed by atoms with Crippen molar-refractivity contribution in [2.24, 2.45) is 0 Å². The number of hydrogen-bond donors (Lipinski definition) is 0. The fraction of sp³-hybridized carbons (Fsp3) is 0.444. The maximum atomic E-state index is 14.4. The van der Waals surface area contributed by atoms with Gasteiger partial charge in [-0.3, -0.25) is 4.79 Å². The Balaban J connectivity index is 1.14. The van der Waals surface area contributed by atoms with Gasteiger partial charge in [-0.1, -0.05) is 12.1 Å². The van der Waals surface area contributed by atoms with Crippen molar-refractivity contribution in [3.63, 3.8) is 0 Å². The van der Waals surface area contributed by atoms with E-state index in [2.05, 4.69) is 16.3 Å². The molecule has 0 atom stereocenters. The Bertz CT molecular complexity index is 1750. The number of ether oxygens (including phenoxy) is 3. The minimum absolute atomic E-state index is 0.125. The minimum Gasteiger partial charge on any atom is -0.490 e. The van der Waals surface area contributed by atoms with Crippen molar-refractivity contribution in [2.75, 3.05) is 39.5 Å². The first-order chi connectivity index (χ1) is 22.7. The van der Waals surface area contributed by atoms with Gasteiger partial charge in [-0.05, 0) is 87.2 Å². The minimum atomic E-state index is -0.540. The van der Waals surface area contributed by atoms with Gasteiger partial charge in [0.1, 0.15) is 35.2 Å². The first-order valence-corrected chi connectivity index (χ1v) is 17.2. The number of thiophene rings is 1. The van der Waals surface area contributed by atoms with Gasteiger partial charge in [0.05, 0.1) is 24.3 Å². The molecule has 248 valence electrons. The van der Waals surface area contributed by atoms with E-state index in [0.29, 0.717) is 43.1 Å². The highest BCUT2D eigenvalue weighted by Crippen LogP contribution is 2.40. The van der Waals surface area contributed by atoms with Gasteiger partial charge in [-0.2, -0.15) is 0 Å². The number of amides is 2. The van der Waals surface area contributed by atoms with Crippen LogP contribution in [0.4, 0.5) is 9.18 Å². The number of nitrogens with zero attached hydrogens (tertiary/aromatic N) is 4. The Hall–Kier alpha value is -4.09. The third kappa shape index (κ3) is 7.90. The summed E-state index contributed by atoms with van der Waals surface area (Å²) in [5.41, 5.74) is 4.69. The molecule has 0 saturated carbocycles. The number of carbonyl (C=O) groups excluding carboxylic acids is 2. The lowest BCUT2D eigenvalue weighted by Crippen LogP contribution is -2.39. The van der Waals surface area contributed by atoms with Gasteiger partial charge >= 0.3 is 6.09 Å². The SMILES string of the molecule is CC(C)(C)OC(=O)N1CCc2cc(-c3nnc(-c4ccc(F)cc4OCCOCCC(=O)N4CCCCC4)c4sccc34)ccc2C1. The molecule has 6 rings (SSSR count). The Morgan fingerprint density at radius 3 is 2.51 bits per heavy atom. The molecule has 0 radical (unpaired) electrons. The third-order valence-corrected chi connectivity index (χ3v) is 9.30. The third-order valence-electron chi connectivity index (χ3n) is 8.38. The number of rotatable bonds is 9. The summed E-state index contributed by atoms with van der Waals surface area (Å²) >= 11 is 1.55. The average molecular weight is 661 g/mol. The topological polar surface area (TPSA) is 94.1 Å². The van der Waals surface area contributed by atoms with E-state index in [1.165, 1.54) is 24.1 Å². The van der Waals surface area contributed by atoms with Gasteiger partial charge < -0.3 is 24.0 Å². The predicted octanol–water partition coefficient (Wildman–Crippen LogP) is 7.26. The Morgan fingerprint density at radius 1 is 0.894 bits per heavy atom. The Labute approximate surface area is 278 Å². The lowest BCUT2D eigenvalue weighted by atomic mass is 9.95. The molecule has 0 N–H and O–H groups in total. The van der Waals surface area contributed by atoms with Crippen LogP contribution >= 0.6 is 11.3 Å². The van der Waals surface area contributed by atoms with E-state index in [1.807, 2.05) is 49.3 Å². The summed E-state index contributed by atoms with van der Waals surface area (Å²) in [5.74, 6) is 0.0707. The van der Waals surface area contributed by atoms with Crippen molar-refractivity contribution in [2.45, 2.75) is 65.0 Å². The maximum Gasteiger partial charge on any atom is 0.410 e. The number of carbonyl (C=O) groups is 2. The zero-order valence-electron chi connectivity index (χ0n) is 27.2. The van der Waals surface area contributed by atoms with Crippen molar-refractivity contribution in [3.05, 3.63) is 64.8 Å². The first-order valence-electron chi connectivity index (χ1n) is 16.3. The van der Waals surface area contributed by atoms with Crippen molar-refractivity contribution in [1.29, 1.82) is 0 Å². The Kier molecular flexibility index (Phi) is 10.0. The van der Waals surface area contributed by atoms with E-state index < -0.39 is 11.4 Å². The average Bonchev–Trinajstić information content (AvgIpc) is 3.55. The maximum absolute atomic E-state index is 14.4. The number of halogens is 1. The molecule has 1 saturated heterocycles. The van der Waals surface area contributed by atoms with E-state index >= 15 is 0 Å². The van der Waals surface area contributed by atoms with Crippen molar-refractivity contribution < 1.29 is 28.2 Å². The van der Waals surface area contributed by atoms with E-state index in [4.69, 9.17) is 14.2 Å². The fourth-order valence-corrected chi connectivity index (χ4v) is 6.93. The fourth-order valence-electron chi connectivity index (χ4n) is 6.04. The molecule has 0 aliphatic carbocycles. The normalized spacial score (nSPS) is 15.1. The van der Waals surface area contributed by atoms with Crippen LogP contribution in [0.1, 0.15) is 57.6 Å². The molecule has 4 aromatic rings. The van der Waals surface area contributed by atoms with Crippen LogP contribution in [0.3, 0.4) is 0 Å². The summed E-state index contributed by atoms with van der Waals surface area (Å²) < 4.78 is 32.5. The van der Waals surface area contributed by atoms with Crippen molar-refractivity contribution in [3.8, 4) is 28.3 Å². The second kappa shape index (κ2) is 14.4. The van der Waals surface area contributed by atoms with Crippen LogP contribution < -0.4 is 4.74 Å². The highest BCUT2D eigenvalue weighted by Gasteiger charge is 2.26. The summed E-state index contributed by atoms with van der Waals surface area (Å²) in [6, 6.07) is 12.6. The molecular formula is C36H41FN4O5S. The number of hydrogen-bond acceptors (Lipinski definition) is 8. The lowest BCUT2D eigenvalue weighted by Gasteiger charge is -2.31. The van der Waals surface area contributed by atoms with Gasteiger partial charge in [0, 0.05) is 48.8 Å². The molecule has 2 aromatic carbocycles. The summed E-state index contributed by atoms with van der Waals surface area (Å²) in [5, 5.41) is 12.2. The van der Waals surface area contributed by atoms with Gasteiger partial charge in [0.15, 0.2) is 0 Å². The Morgan fingerprint density at radius 2 is 1.70 bits per heavy atom. The number of likely N-dealkylation sites (tertiary alicyclic amines) is 1. The summed E-state index contributed by atoms with van der Waals surface area (Å²) in [6.45, 7) is 9.15. The number of piperidine rings is 1. The highest BCUT2D eigenvalue weighted by molar-refractivity contribution is 7.17. The van der Waals surface area contributed by atoms with Gasteiger partial charge in [0.2, 0.25) is 5.91 Å². The van der Waals surface area contributed by atoms with Gasteiger partial charge in [-0.15, -0.1) is 21.5 Å². The predicted molar refractivity (Wildman–Crippen MR) is 180 cm³/mol. The number of aromatic nitrogens is 2. The first kappa shape index (κ1) is 32.8. The van der Waals surface area contributed by atoms with E-state index in [9.17, 15) is 14.0 Å². The van der Waals surface area contributed by atoms with Crippen molar-refractivity contribution >= 4 is 33.4 Å². The molecule has 47 heavy (non-hydrogen) atoms. The van der Waals surface area contributed by atoms with Crippen molar-refractivity contribution in [1.82, 2.24) is 20.0 Å². The molecule has 2 amide bonds. The van der Waals surface area contributed by atoms with Crippen LogP contribution in [0.25, 0.3) is 32.6 Å². The van der Waals surface area contributed by atoms with Crippen LogP contribution in [0.5, 0.6) is 5.75 Å². The van der Waals surface area contributed by atoms with E-state index in [1.54, 1.807) is 22.3 Å². The molecule has 11 heteroatoms. The monoisotopic (exact) mass is 660 g/mol. The quantitative estimate of drug-likeness (QED) is 0.175. The van der Waals surface area contributed by atoms with Crippen LogP contribution in [-0.2, 0) is 27.2 Å². The van der Waals surface area contributed by atoms with Gasteiger partial charge in [-0.25, -0.2) is 9.18 Å². The van der Waals surface area contributed by atoms with Crippen LogP contribution in [0.15, 0.2) is 47.8 Å². The molecule has 2 aliphatic heterocycles. The zero-order valence-corrected chi connectivity index (χ0v) is 28.0. The molecular weight excluding hydrogens is 619 g/mol. The molecule has 4 heterocycles. The van der Waals surface area contributed by atoms with E-state index in [0.717, 1.165) is 59.3 Å². The number of benzene rings is 2. The number of fused-ring (bicyclic) bond motifs is 2. The van der Waals surface area contributed by atoms with Crippen LogP contribution in [0, 0.1) is 5.82 Å². The van der Waals surface area contributed by atoms with Crippen LogP contribution in [0.2, 0.25) is 0 Å². The summed E-state index contributed by atoms with van der Waals surface area (Å²) in [6.07, 6.45) is 4.07. The van der Waals surface area contributed by atoms with E-state index in [-0.39, 0.29) is 25.2 Å². The molecule has 0 bridgehead atoms. The molecule has 0 unspecified atom stereocenters. The summed E-state index contributed by atoms with van der Waals surface area (Å²) in [4.78, 5) is 28.7. The lowest BCUT2D eigenvalue weighted by molar-refractivity contribution is -0.133. The van der Waals surface area contributed by atoms with Crippen LogP contribution in [-0.4, -0.2) is 77.1 Å². The standard InChI is InChI=1S/C36H41FN4O5S/c1-36(2,3)46-35(43)41-16-11-24-21-25(7-8-26(24)23-41)32-29-13-20-47-34(29)33(39-38-32)28-10-9-27(37)22-30(28)45-19-18-44-17-12-31(42)40-14-5-4-6-15-40/h7-10,13,20-22H,4-6,11-12,14-19,23H2,1-3H3.